The van der Waals surface area contributed by atoms with E-state index in [1.165, 1.54) is 16.0 Å². The Morgan fingerprint density at radius 2 is 1.63 bits per heavy atom. The van der Waals surface area contributed by atoms with Crippen LogP contribution in [0.1, 0.15) is 31.9 Å². The highest BCUT2D eigenvalue weighted by Gasteiger charge is 2.42. The third-order valence-corrected chi connectivity index (χ3v) is 6.13. The Labute approximate surface area is 221 Å². The Bertz CT molecular complexity index is 1170. The Kier molecular flexibility index (Phi) is 9.61. The summed E-state index contributed by atoms with van der Waals surface area (Å²) < 4.78 is 5.18. The second kappa shape index (κ2) is 12.9. The molecule has 3 amide bonds. The van der Waals surface area contributed by atoms with Crippen molar-refractivity contribution in [3.8, 4) is 0 Å². The first kappa shape index (κ1) is 28.4. The van der Waals surface area contributed by atoms with Gasteiger partial charge in [-0.15, -0.1) is 0 Å². The molecular weight excluding hydrogens is 490 g/mol. The van der Waals surface area contributed by atoms with Crippen LogP contribution in [0.25, 0.3) is 5.70 Å². The van der Waals surface area contributed by atoms with E-state index in [4.69, 9.17) is 4.74 Å². The van der Waals surface area contributed by atoms with Crippen LogP contribution in [0.2, 0.25) is 0 Å². The molecule has 3 atom stereocenters. The first-order valence-electron chi connectivity index (χ1n) is 12.4. The predicted octanol–water partition coefficient (Wildman–Crippen LogP) is 2.48. The van der Waals surface area contributed by atoms with E-state index in [0.717, 1.165) is 5.56 Å². The molecule has 1 aliphatic heterocycles. The fraction of sp³-hybridized carbons (Fsp3) is 0.357. The zero-order chi connectivity index (χ0) is 27.8. The van der Waals surface area contributed by atoms with Gasteiger partial charge in [0.15, 0.2) is 6.10 Å². The first-order valence-corrected chi connectivity index (χ1v) is 12.4. The lowest BCUT2D eigenvalue weighted by atomic mass is 9.97. The van der Waals surface area contributed by atoms with Crippen molar-refractivity contribution in [3.05, 3.63) is 78.0 Å². The van der Waals surface area contributed by atoms with Gasteiger partial charge in [0.25, 0.3) is 5.91 Å². The van der Waals surface area contributed by atoms with Crippen LogP contribution >= 0.6 is 0 Å². The van der Waals surface area contributed by atoms with Crippen molar-refractivity contribution in [2.45, 2.75) is 45.4 Å². The van der Waals surface area contributed by atoms with Crippen LogP contribution in [-0.2, 0) is 25.5 Å². The van der Waals surface area contributed by atoms with Crippen LogP contribution in [0.5, 0.6) is 0 Å². The van der Waals surface area contributed by atoms with Crippen molar-refractivity contribution < 1.29 is 34.1 Å². The van der Waals surface area contributed by atoms with Gasteiger partial charge in [0.2, 0.25) is 5.91 Å². The van der Waals surface area contributed by atoms with Gasteiger partial charge in [-0.1, -0.05) is 74.5 Å². The maximum absolute atomic E-state index is 13.7. The first-order chi connectivity index (χ1) is 18.1. The summed E-state index contributed by atoms with van der Waals surface area (Å²) in [5, 5.41) is 22.3. The summed E-state index contributed by atoms with van der Waals surface area (Å²) in [5.74, 6) is -2.92. The smallest absolute Gasteiger partial charge is 0.414 e. The zero-order valence-corrected chi connectivity index (χ0v) is 21.6. The summed E-state index contributed by atoms with van der Waals surface area (Å²) in [6, 6.07) is 15.6. The van der Waals surface area contributed by atoms with Gasteiger partial charge in [-0.25, -0.2) is 9.59 Å². The van der Waals surface area contributed by atoms with Gasteiger partial charge in [0.1, 0.15) is 12.6 Å². The number of nitrogens with one attached hydrogen (secondary N) is 1. The Morgan fingerprint density at radius 1 is 1.03 bits per heavy atom. The molecule has 10 heteroatoms. The second-order valence-electron chi connectivity index (χ2n) is 9.25. The van der Waals surface area contributed by atoms with Crippen molar-refractivity contribution >= 4 is 29.6 Å². The third kappa shape index (κ3) is 6.77. The van der Waals surface area contributed by atoms with Gasteiger partial charge in [0, 0.05) is 6.20 Å². The number of hydrogen-bond donors (Lipinski definition) is 3. The molecule has 2 unspecified atom stereocenters. The molecule has 0 bridgehead atoms. The summed E-state index contributed by atoms with van der Waals surface area (Å²) in [6.07, 6.45) is -0.964. The number of carboxylic acid groups (broad SMARTS) is 1. The number of carbonyl (C=O) groups is 4. The van der Waals surface area contributed by atoms with E-state index in [9.17, 15) is 29.4 Å². The number of amides is 3. The molecule has 0 aliphatic carbocycles. The maximum atomic E-state index is 13.7. The lowest BCUT2D eigenvalue weighted by Crippen LogP contribution is -2.57. The van der Waals surface area contributed by atoms with Gasteiger partial charge in [-0.3, -0.25) is 19.4 Å². The Hall–Kier alpha value is -4.18. The lowest BCUT2D eigenvalue weighted by molar-refractivity contribution is -0.149. The number of aliphatic carboxylic acids is 1. The van der Waals surface area contributed by atoms with Crippen molar-refractivity contribution in [1.82, 2.24) is 15.1 Å². The maximum Gasteiger partial charge on any atom is 0.414 e. The average molecular weight is 524 g/mol. The van der Waals surface area contributed by atoms with Crippen molar-refractivity contribution in [3.63, 3.8) is 0 Å². The number of benzene rings is 2. The monoisotopic (exact) mass is 523 g/mol. The molecule has 3 rings (SSSR count). The molecule has 0 radical (unpaired) electrons. The number of rotatable bonds is 10. The van der Waals surface area contributed by atoms with E-state index in [2.05, 4.69) is 5.32 Å². The topological polar surface area (TPSA) is 136 Å². The summed E-state index contributed by atoms with van der Waals surface area (Å²) in [5.41, 5.74) is 1.63. The molecule has 1 aliphatic rings. The van der Waals surface area contributed by atoms with Crippen molar-refractivity contribution in [1.29, 1.82) is 0 Å². The van der Waals surface area contributed by atoms with E-state index in [-0.39, 0.29) is 18.9 Å². The van der Waals surface area contributed by atoms with Crippen LogP contribution in [0, 0.1) is 5.92 Å². The molecule has 1 heterocycles. The summed E-state index contributed by atoms with van der Waals surface area (Å²) in [4.78, 5) is 53.8. The van der Waals surface area contributed by atoms with Crippen molar-refractivity contribution in [2.75, 3.05) is 13.2 Å². The fourth-order valence-electron chi connectivity index (χ4n) is 4.33. The molecular formula is C28H33N3O7. The Balaban J connectivity index is 1.93. The van der Waals surface area contributed by atoms with E-state index in [1.54, 1.807) is 81.4 Å². The quantitative estimate of drug-likeness (QED) is 0.435. The SMILES string of the molecule is CCOC(=O)N1C=C(c2ccccc2)N(CC(=O)N[C@@H](Cc2ccccc2)C(O)C(=O)O)C(=O)C1C(C)C. The third-order valence-electron chi connectivity index (χ3n) is 6.13. The highest BCUT2D eigenvalue weighted by molar-refractivity contribution is 5.99. The van der Waals surface area contributed by atoms with E-state index in [1.807, 2.05) is 0 Å². The number of aliphatic hydroxyl groups excluding tert-OH is 1. The number of carbonyl (C=O) groups excluding carboxylic acids is 3. The molecule has 0 aromatic heterocycles. The second-order valence-corrected chi connectivity index (χ2v) is 9.25. The number of hydrogen-bond acceptors (Lipinski definition) is 6. The molecule has 3 N–H and O–H groups in total. The predicted molar refractivity (Wildman–Crippen MR) is 139 cm³/mol. The minimum atomic E-state index is -1.86. The van der Waals surface area contributed by atoms with Crippen LogP contribution in [0.3, 0.4) is 0 Å². The fourth-order valence-corrected chi connectivity index (χ4v) is 4.33. The van der Waals surface area contributed by atoms with Gasteiger partial charge in [-0.05, 0) is 30.4 Å². The van der Waals surface area contributed by atoms with Crippen LogP contribution in [-0.4, -0.2) is 75.2 Å². The van der Waals surface area contributed by atoms with E-state index < -0.39 is 48.6 Å². The minimum Gasteiger partial charge on any atom is -0.479 e. The number of ether oxygens (including phenoxy) is 1. The molecule has 202 valence electrons. The largest absolute Gasteiger partial charge is 0.479 e. The average Bonchev–Trinajstić information content (AvgIpc) is 2.89. The van der Waals surface area contributed by atoms with Crippen LogP contribution < -0.4 is 5.32 Å². The zero-order valence-electron chi connectivity index (χ0n) is 21.6. The molecule has 38 heavy (non-hydrogen) atoms. The molecule has 0 spiro atoms. The van der Waals surface area contributed by atoms with Crippen LogP contribution in [0.4, 0.5) is 4.79 Å². The van der Waals surface area contributed by atoms with E-state index in [0.29, 0.717) is 11.3 Å². The lowest BCUT2D eigenvalue weighted by Gasteiger charge is -2.40. The normalized spacial score (nSPS) is 17.0. The molecule has 10 nitrogen and oxygen atoms in total. The Morgan fingerprint density at radius 3 is 2.18 bits per heavy atom. The van der Waals surface area contributed by atoms with Crippen LogP contribution in [0.15, 0.2) is 66.9 Å². The summed E-state index contributed by atoms with van der Waals surface area (Å²) in [7, 11) is 0. The number of carboxylic acids is 1. The number of aliphatic hydroxyl groups is 1. The molecule has 0 saturated carbocycles. The molecule has 0 fully saturated rings. The standard InChI is InChI=1S/C28H33N3O7/c1-4-38-28(37)31-16-22(20-13-9-6-10-14-20)30(26(34)24(31)18(2)3)17-23(32)29-21(25(33)27(35)36)15-19-11-7-5-8-12-19/h5-14,16,18,21,24-25,33H,4,15,17H2,1-3H3,(H,29,32)(H,35,36)/t21-,24?,25?/m0/s1. The summed E-state index contributed by atoms with van der Waals surface area (Å²) in [6.45, 7) is 4.92. The number of nitrogens with zero attached hydrogens (tertiary/aromatic N) is 2. The van der Waals surface area contributed by atoms with E-state index >= 15 is 0 Å². The molecule has 2 aromatic carbocycles. The summed E-state index contributed by atoms with van der Waals surface area (Å²) >= 11 is 0. The molecule has 2 aromatic rings. The highest BCUT2D eigenvalue weighted by atomic mass is 16.6. The van der Waals surface area contributed by atoms with Gasteiger partial charge < -0.3 is 20.3 Å². The molecule has 0 saturated heterocycles. The van der Waals surface area contributed by atoms with Gasteiger partial charge >= 0.3 is 12.1 Å². The van der Waals surface area contributed by atoms with Gasteiger partial charge in [0.05, 0.1) is 18.3 Å². The highest BCUT2D eigenvalue weighted by Crippen LogP contribution is 2.30. The van der Waals surface area contributed by atoms with Crippen molar-refractivity contribution in [2.24, 2.45) is 5.92 Å². The van der Waals surface area contributed by atoms with Gasteiger partial charge in [-0.2, -0.15) is 0 Å². The minimum absolute atomic E-state index is 0.0701.